The van der Waals surface area contributed by atoms with Gasteiger partial charge in [-0.1, -0.05) is 12.1 Å². The SMILES string of the molecule is Cc1cccc(NC(=O)CSc2ccc3c(c2)OCCO3)c1C. The molecule has 0 spiro atoms. The number of nitrogens with one attached hydrogen (secondary N) is 1. The number of anilines is 1. The lowest BCUT2D eigenvalue weighted by Gasteiger charge is -2.18. The molecule has 5 heteroatoms. The molecule has 0 aliphatic carbocycles. The lowest BCUT2D eigenvalue weighted by atomic mass is 10.1. The number of benzene rings is 2. The average molecular weight is 329 g/mol. The van der Waals surface area contributed by atoms with E-state index in [1.54, 1.807) is 0 Å². The van der Waals surface area contributed by atoms with E-state index in [2.05, 4.69) is 5.32 Å². The maximum atomic E-state index is 12.2. The summed E-state index contributed by atoms with van der Waals surface area (Å²) in [7, 11) is 0. The van der Waals surface area contributed by atoms with Gasteiger partial charge in [-0.05, 0) is 49.2 Å². The van der Waals surface area contributed by atoms with Crippen molar-refractivity contribution in [1.29, 1.82) is 0 Å². The van der Waals surface area contributed by atoms with Gasteiger partial charge in [-0.2, -0.15) is 0 Å². The molecule has 0 saturated heterocycles. The second-order valence-electron chi connectivity index (χ2n) is 5.39. The van der Waals surface area contributed by atoms with Crippen LogP contribution < -0.4 is 14.8 Å². The maximum Gasteiger partial charge on any atom is 0.234 e. The summed E-state index contributed by atoms with van der Waals surface area (Å²) >= 11 is 1.48. The number of rotatable bonds is 4. The van der Waals surface area contributed by atoms with Gasteiger partial charge in [0.15, 0.2) is 11.5 Å². The van der Waals surface area contributed by atoms with Gasteiger partial charge in [0.25, 0.3) is 0 Å². The summed E-state index contributed by atoms with van der Waals surface area (Å²) in [6.45, 7) is 5.19. The van der Waals surface area contributed by atoms with Crippen LogP contribution in [-0.4, -0.2) is 24.9 Å². The van der Waals surface area contributed by atoms with Crippen LogP contribution in [0.15, 0.2) is 41.3 Å². The van der Waals surface area contributed by atoms with Crippen molar-refractivity contribution in [1.82, 2.24) is 0 Å². The molecule has 1 aliphatic heterocycles. The van der Waals surface area contributed by atoms with Gasteiger partial charge >= 0.3 is 0 Å². The van der Waals surface area contributed by atoms with Crippen molar-refractivity contribution in [2.75, 3.05) is 24.3 Å². The van der Waals surface area contributed by atoms with E-state index in [9.17, 15) is 4.79 Å². The van der Waals surface area contributed by atoms with Crippen molar-refractivity contribution in [3.05, 3.63) is 47.5 Å². The van der Waals surface area contributed by atoms with Crippen molar-refractivity contribution < 1.29 is 14.3 Å². The lowest BCUT2D eigenvalue weighted by Crippen LogP contribution is -2.16. The fraction of sp³-hybridized carbons (Fsp3) is 0.278. The summed E-state index contributed by atoms with van der Waals surface area (Å²) in [6.07, 6.45) is 0. The van der Waals surface area contributed by atoms with Crippen LogP contribution >= 0.6 is 11.8 Å². The maximum absolute atomic E-state index is 12.2. The molecule has 1 N–H and O–H groups in total. The number of amides is 1. The summed E-state index contributed by atoms with van der Waals surface area (Å²) < 4.78 is 11.1. The highest BCUT2D eigenvalue weighted by Crippen LogP contribution is 2.34. The second kappa shape index (κ2) is 6.96. The summed E-state index contributed by atoms with van der Waals surface area (Å²) in [5, 5.41) is 2.97. The first kappa shape index (κ1) is 15.7. The fourth-order valence-corrected chi connectivity index (χ4v) is 3.06. The monoisotopic (exact) mass is 329 g/mol. The van der Waals surface area contributed by atoms with Crippen molar-refractivity contribution in [3.63, 3.8) is 0 Å². The number of fused-ring (bicyclic) bond motifs is 1. The normalized spacial score (nSPS) is 12.8. The average Bonchev–Trinajstić information content (AvgIpc) is 2.57. The Balaban J connectivity index is 1.60. The quantitative estimate of drug-likeness (QED) is 0.867. The zero-order valence-electron chi connectivity index (χ0n) is 13.2. The number of thioether (sulfide) groups is 1. The summed E-state index contributed by atoms with van der Waals surface area (Å²) in [6, 6.07) is 11.7. The molecule has 1 heterocycles. The highest BCUT2D eigenvalue weighted by atomic mass is 32.2. The molecule has 120 valence electrons. The van der Waals surface area contributed by atoms with E-state index in [-0.39, 0.29) is 5.91 Å². The van der Waals surface area contributed by atoms with E-state index >= 15 is 0 Å². The smallest absolute Gasteiger partial charge is 0.234 e. The molecule has 1 amide bonds. The molecule has 0 unspecified atom stereocenters. The Hall–Kier alpha value is -2.14. The molecule has 3 rings (SSSR count). The van der Waals surface area contributed by atoms with Crippen LogP contribution in [-0.2, 0) is 4.79 Å². The van der Waals surface area contributed by atoms with Crippen LogP contribution in [0.1, 0.15) is 11.1 Å². The van der Waals surface area contributed by atoms with E-state index in [0.717, 1.165) is 27.6 Å². The predicted octanol–water partition coefficient (Wildman–Crippen LogP) is 3.81. The number of carbonyl (C=O) groups excluding carboxylic acids is 1. The molecule has 2 aromatic rings. The van der Waals surface area contributed by atoms with Gasteiger partial charge in [0.05, 0.1) is 5.75 Å². The third-order valence-electron chi connectivity index (χ3n) is 3.76. The Morgan fingerprint density at radius 1 is 1.13 bits per heavy atom. The molecule has 0 bridgehead atoms. The van der Waals surface area contributed by atoms with Crippen LogP contribution in [0.5, 0.6) is 11.5 Å². The molecule has 1 aliphatic rings. The van der Waals surface area contributed by atoms with E-state index in [1.165, 1.54) is 17.3 Å². The van der Waals surface area contributed by atoms with Crippen LogP contribution in [0.2, 0.25) is 0 Å². The lowest BCUT2D eigenvalue weighted by molar-refractivity contribution is -0.113. The van der Waals surface area contributed by atoms with Gasteiger partial charge in [0.2, 0.25) is 5.91 Å². The first-order valence-electron chi connectivity index (χ1n) is 7.52. The summed E-state index contributed by atoms with van der Waals surface area (Å²) in [5.41, 5.74) is 3.14. The Morgan fingerprint density at radius 2 is 1.91 bits per heavy atom. The molecular weight excluding hydrogens is 310 g/mol. The zero-order valence-corrected chi connectivity index (χ0v) is 14.0. The standard InChI is InChI=1S/C18H19NO3S/c1-12-4-3-5-15(13(12)2)19-18(20)11-23-14-6-7-16-17(10-14)22-9-8-21-16/h3-7,10H,8-9,11H2,1-2H3,(H,19,20). The van der Waals surface area contributed by atoms with Crippen LogP contribution in [0.3, 0.4) is 0 Å². The Labute approximate surface area is 140 Å². The molecule has 0 atom stereocenters. The number of ether oxygens (including phenoxy) is 2. The second-order valence-corrected chi connectivity index (χ2v) is 6.44. The molecular formula is C18H19NO3S. The molecule has 23 heavy (non-hydrogen) atoms. The molecule has 0 aromatic heterocycles. The zero-order chi connectivity index (χ0) is 16.2. The fourth-order valence-electron chi connectivity index (χ4n) is 2.34. The van der Waals surface area contributed by atoms with Gasteiger partial charge in [-0.15, -0.1) is 11.8 Å². The van der Waals surface area contributed by atoms with Crippen LogP contribution in [0.4, 0.5) is 5.69 Å². The number of hydrogen-bond acceptors (Lipinski definition) is 4. The Bertz CT molecular complexity index is 730. The Morgan fingerprint density at radius 3 is 2.74 bits per heavy atom. The molecule has 0 saturated carbocycles. The van der Waals surface area contributed by atoms with E-state index in [4.69, 9.17) is 9.47 Å². The van der Waals surface area contributed by atoms with Gasteiger partial charge in [-0.3, -0.25) is 4.79 Å². The van der Waals surface area contributed by atoms with Crippen molar-refractivity contribution >= 4 is 23.4 Å². The molecule has 0 fully saturated rings. The van der Waals surface area contributed by atoms with E-state index < -0.39 is 0 Å². The highest BCUT2D eigenvalue weighted by molar-refractivity contribution is 8.00. The predicted molar refractivity (Wildman–Crippen MR) is 92.7 cm³/mol. The molecule has 0 radical (unpaired) electrons. The first-order chi connectivity index (χ1) is 11.1. The molecule has 4 nitrogen and oxygen atoms in total. The number of hydrogen-bond donors (Lipinski definition) is 1. The summed E-state index contributed by atoms with van der Waals surface area (Å²) in [5.74, 6) is 1.85. The topological polar surface area (TPSA) is 47.6 Å². The first-order valence-corrected chi connectivity index (χ1v) is 8.50. The van der Waals surface area contributed by atoms with Gasteiger partial charge in [-0.25, -0.2) is 0 Å². The third kappa shape index (κ3) is 3.79. The molecule has 2 aromatic carbocycles. The van der Waals surface area contributed by atoms with E-state index in [0.29, 0.717) is 19.0 Å². The Kier molecular flexibility index (Phi) is 4.76. The third-order valence-corrected chi connectivity index (χ3v) is 4.76. The van der Waals surface area contributed by atoms with Gasteiger partial charge < -0.3 is 14.8 Å². The minimum absolute atomic E-state index is 0.0152. The van der Waals surface area contributed by atoms with Crippen molar-refractivity contribution in [3.8, 4) is 11.5 Å². The number of aryl methyl sites for hydroxylation is 1. The van der Waals surface area contributed by atoms with Crippen molar-refractivity contribution in [2.24, 2.45) is 0 Å². The minimum atomic E-state index is -0.0152. The number of carbonyl (C=O) groups is 1. The van der Waals surface area contributed by atoms with Gasteiger partial charge in [0, 0.05) is 10.6 Å². The minimum Gasteiger partial charge on any atom is -0.486 e. The van der Waals surface area contributed by atoms with Gasteiger partial charge in [0.1, 0.15) is 13.2 Å². The van der Waals surface area contributed by atoms with Crippen LogP contribution in [0, 0.1) is 13.8 Å². The summed E-state index contributed by atoms with van der Waals surface area (Å²) in [4.78, 5) is 13.1. The van der Waals surface area contributed by atoms with Crippen LogP contribution in [0.25, 0.3) is 0 Å². The highest BCUT2D eigenvalue weighted by Gasteiger charge is 2.13. The van der Waals surface area contributed by atoms with E-state index in [1.807, 2.05) is 50.2 Å². The largest absolute Gasteiger partial charge is 0.486 e. The van der Waals surface area contributed by atoms with Crippen molar-refractivity contribution in [2.45, 2.75) is 18.7 Å².